The van der Waals surface area contributed by atoms with Crippen LogP contribution in [0.1, 0.15) is 66.7 Å². The summed E-state index contributed by atoms with van der Waals surface area (Å²) in [4.78, 5) is 84.3. The molecular formula is C29H48ClN5O8. The summed E-state index contributed by atoms with van der Waals surface area (Å²) in [6.07, 6.45) is -1.72. The summed E-state index contributed by atoms with van der Waals surface area (Å²) in [6.45, 7) is 8.91. The van der Waals surface area contributed by atoms with E-state index in [4.69, 9.17) is 16.3 Å². The highest BCUT2D eigenvalue weighted by atomic mass is 35.5. The van der Waals surface area contributed by atoms with Crippen LogP contribution >= 0.6 is 11.6 Å². The van der Waals surface area contributed by atoms with Crippen LogP contribution in [0.2, 0.25) is 0 Å². The van der Waals surface area contributed by atoms with Crippen LogP contribution < -0.4 is 10.6 Å². The lowest BCUT2D eigenvalue weighted by atomic mass is 9.94. The molecule has 0 radical (unpaired) electrons. The van der Waals surface area contributed by atoms with Crippen molar-refractivity contribution in [2.24, 2.45) is 11.8 Å². The fourth-order valence-corrected chi connectivity index (χ4v) is 5.54. The van der Waals surface area contributed by atoms with Crippen LogP contribution in [-0.4, -0.2) is 125 Å². The number of hydrogen-bond acceptors (Lipinski definition) is 8. The Morgan fingerprint density at radius 3 is 2.23 bits per heavy atom. The van der Waals surface area contributed by atoms with E-state index in [0.717, 1.165) is 0 Å². The summed E-state index contributed by atoms with van der Waals surface area (Å²) in [5.74, 6) is -4.24. The van der Waals surface area contributed by atoms with Gasteiger partial charge in [-0.2, -0.15) is 0 Å². The number of alkyl halides is 1. The van der Waals surface area contributed by atoms with Gasteiger partial charge in [0.05, 0.1) is 12.5 Å². The molecule has 2 aliphatic heterocycles. The molecule has 2 saturated heterocycles. The first-order valence-corrected chi connectivity index (χ1v) is 15.5. The van der Waals surface area contributed by atoms with Crippen molar-refractivity contribution in [1.29, 1.82) is 0 Å². The fraction of sp³-hybridized carbons (Fsp3) is 0.793. The second-order valence-electron chi connectivity index (χ2n) is 11.9. The second kappa shape index (κ2) is 16.2. The average molecular weight is 630 g/mol. The summed E-state index contributed by atoms with van der Waals surface area (Å²) in [7, 11) is 2.98. The lowest BCUT2D eigenvalue weighted by Gasteiger charge is -2.38. The molecule has 0 aromatic carbocycles. The first kappa shape index (κ1) is 36.3. The molecule has 7 atom stereocenters. The van der Waals surface area contributed by atoms with Crippen LogP contribution in [0.15, 0.2) is 0 Å². The molecule has 0 spiro atoms. The van der Waals surface area contributed by atoms with Crippen molar-refractivity contribution in [3.63, 3.8) is 0 Å². The Morgan fingerprint density at radius 1 is 1.00 bits per heavy atom. The predicted molar refractivity (Wildman–Crippen MR) is 159 cm³/mol. The Balaban J connectivity index is 2.54. The molecule has 5 amide bonds. The van der Waals surface area contributed by atoms with E-state index in [9.17, 15) is 33.9 Å². The zero-order chi connectivity index (χ0) is 32.6. The van der Waals surface area contributed by atoms with Gasteiger partial charge in [-0.1, -0.05) is 34.1 Å². The summed E-state index contributed by atoms with van der Waals surface area (Å²) in [6, 6.07) is -3.77. The third kappa shape index (κ3) is 9.04. The van der Waals surface area contributed by atoms with Crippen molar-refractivity contribution in [1.82, 2.24) is 25.3 Å². The third-order valence-corrected chi connectivity index (χ3v) is 8.77. The van der Waals surface area contributed by atoms with Crippen molar-refractivity contribution in [3.05, 3.63) is 0 Å². The lowest BCUT2D eigenvalue weighted by molar-refractivity contribution is -0.163. The number of fused-ring (bicyclic) bond motifs is 1. The molecule has 244 valence electrons. The number of carbonyl (C=O) groups is 6. The monoisotopic (exact) mass is 629 g/mol. The number of nitrogens with one attached hydrogen (secondary N) is 2. The molecule has 0 aliphatic carbocycles. The molecule has 2 aliphatic rings. The smallest absolute Gasteiger partial charge is 0.308 e. The standard InChI is InChI=1S/C29H48ClN5O8/c1-8-17(4)23-28(41)34(7)24(16(2)3)29(42)33(6)18(5)25(38)31-12-11-22(37)43-21(14-19(36)15-30)27(40)35-13-9-10-20(35)26(39)32-23/h16-21,23-24,36H,8-15H2,1-7H3,(H,31,38)(H,32,39)/t17?,18-,19?,20-,21+,23?,24?/m0/s1. The Morgan fingerprint density at radius 2 is 1.65 bits per heavy atom. The van der Waals surface area contributed by atoms with E-state index in [0.29, 0.717) is 19.3 Å². The highest BCUT2D eigenvalue weighted by Gasteiger charge is 2.43. The minimum Gasteiger partial charge on any atom is -0.452 e. The van der Waals surface area contributed by atoms with E-state index < -0.39 is 71.9 Å². The first-order valence-electron chi connectivity index (χ1n) is 15.0. The summed E-state index contributed by atoms with van der Waals surface area (Å²) in [5.41, 5.74) is 0. The average Bonchev–Trinajstić information content (AvgIpc) is 3.46. The number of rotatable bonds is 6. The SMILES string of the molecule is CCC(C)C1NC(=O)[C@@H]2CCCN2C(=O)[C@@H](CC(O)CCl)OC(=O)CCNC(=O)[C@H](C)N(C)C(=O)C(C(C)C)N(C)C1=O. The van der Waals surface area contributed by atoms with E-state index in [1.165, 1.54) is 35.7 Å². The Labute approximate surface area is 259 Å². The molecule has 0 aromatic rings. The summed E-state index contributed by atoms with van der Waals surface area (Å²) in [5, 5.41) is 15.6. The maximum absolute atomic E-state index is 13.9. The van der Waals surface area contributed by atoms with Crippen LogP contribution in [0.5, 0.6) is 0 Å². The van der Waals surface area contributed by atoms with Crippen LogP contribution in [0.25, 0.3) is 0 Å². The van der Waals surface area contributed by atoms with Gasteiger partial charge in [-0.15, -0.1) is 11.6 Å². The Hall–Kier alpha value is -2.93. The number of nitrogens with zero attached hydrogens (tertiary/aromatic N) is 3. The van der Waals surface area contributed by atoms with Gasteiger partial charge >= 0.3 is 5.97 Å². The highest BCUT2D eigenvalue weighted by molar-refractivity contribution is 6.18. The summed E-state index contributed by atoms with van der Waals surface area (Å²) < 4.78 is 5.44. The van der Waals surface area contributed by atoms with Crippen LogP contribution in [0.4, 0.5) is 0 Å². The highest BCUT2D eigenvalue weighted by Crippen LogP contribution is 2.23. The molecule has 0 aromatic heterocycles. The van der Waals surface area contributed by atoms with Gasteiger partial charge in [0.2, 0.25) is 23.6 Å². The van der Waals surface area contributed by atoms with Gasteiger partial charge in [-0.3, -0.25) is 28.8 Å². The van der Waals surface area contributed by atoms with Gasteiger partial charge in [-0.25, -0.2) is 0 Å². The normalized spacial score (nSPS) is 28.9. The van der Waals surface area contributed by atoms with Crippen molar-refractivity contribution in [2.45, 2.75) is 103 Å². The molecule has 13 nitrogen and oxygen atoms in total. The van der Waals surface area contributed by atoms with E-state index in [1.54, 1.807) is 13.8 Å². The molecule has 14 heteroatoms. The number of esters is 1. The minimum atomic E-state index is -1.40. The van der Waals surface area contributed by atoms with Crippen molar-refractivity contribution in [3.8, 4) is 0 Å². The molecule has 43 heavy (non-hydrogen) atoms. The van der Waals surface area contributed by atoms with E-state index in [1.807, 2.05) is 13.8 Å². The van der Waals surface area contributed by atoms with Crippen LogP contribution in [0, 0.1) is 11.8 Å². The van der Waals surface area contributed by atoms with Crippen molar-refractivity contribution in [2.75, 3.05) is 33.1 Å². The van der Waals surface area contributed by atoms with Crippen molar-refractivity contribution < 1.29 is 38.6 Å². The van der Waals surface area contributed by atoms with Gasteiger partial charge in [0.15, 0.2) is 6.10 Å². The van der Waals surface area contributed by atoms with Gasteiger partial charge in [0, 0.05) is 39.5 Å². The zero-order valence-electron chi connectivity index (χ0n) is 26.3. The van der Waals surface area contributed by atoms with Crippen molar-refractivity contribution >= 4 is 47.1 Å². The molecule has 4 unspecified atom stereocenters. The first-order chi connectivity index (χ1) is 20.2. The van der Waals surface area contributed by atoms with Gasteiger partial charge in [0.25, 0.3) is 5.91 Å². The Kier molecular flexibility index (Phi) is 13.7. The van der Waals surface area contributed by atoms with E-state index in [-0.39, 0.29) is 43.6 Å². The number of aliphatic hydroxyl groups is 1. The molecule has 2 rings (SSSR count). The number of ether oxygens (including phenoxy) is 1. The fourth-order valence-electron chi connectivity index (χ4n) is 5.41. The summed E-state index contributed by atoms with van der Waals surface area (Å²) >= 11 is 5.76. The predicted octanol–water partition coefficient (Wildman–Crippen LogP) is 0.260. The minimum absolute atomic E-state index is 0.125. The number of hydrogen-bond donors (Lipinski definition) is 3. The quantitative estimate of drug-likeness (QED) is 0.278. The number of aliphatic hydroxyl groups excluding tert-OH is 1. The number of cyclic esters (lactones) is 1. The Bertz CT molecular complexity index is 1040. The second-order valence-corrected chi connectivity index (χ2v) is 12.2. The maximum atomic E-state index is 13.9. The number of amides is 5. The van der Waals surface area contributed by atoms with Gasteiger partial charge in [0.1, 0.15) is 24.2 Å². The third-order valence-electron chi connectivity index (χ3n) is 8.41. The van der Waals surface area contributed by atoms with Gasteiger partial charge in [-0.05, 0) is 31.6 Å². The molecule has 0 saturated carbocycles. The molecule has 0 bridgehead atoms. The molecule has 3 N–H and O–H groups in total. The van der Waals surface area contributed by atoms with Crippen LogP contribution in [0.3, 0.4) is 0 Å². The number of carbonyl (C=O) groups excluding carboxylic acids is 6. The van der Waals surface area contributed by atoms with E-state index in [2.05, 4.69) is 10.6 Å². The maximum Gasteiger partial charge on any atom is 0.308 e. The largest absolute Gasteiger partial charge is 0.452 e. The molecular weight excluding hydrogens is 582 g/mol. The lowest BCUT2D eigenvalue weighted by Crippen LogP contribution is -2.60. The molecule has 2 fully saturated rings. The number of halogens is 1. The number of likely N-dealkylation sites (N-methyl/N-ethyl adjacent to an activating group) is 2. The molecule has 2 heterocycles. The topological polar surface area (TPSA) is 166 Å². The van der Waals surface area contributed by atoms with Crippen LogP contribution in [-0.2, 0) is 33.5 Å². The zero-order valence-corrected chi connectivity index (χ0v) is 27.1. The van der Waals surface area contributed by atoms with E-state index >= 15 is 0 Å². The van der Waals surface area contributed by atoms with Gasteiger partial charge < -0.3 is 35.2 Å².